The van der Waals surface area contributed by atoms with Crippen LogP contribution in [0, 0.1) is 0 Å². The number of halogens is 1. The molecule has 0 unspecified atom stereocenters. The van der Waals surface area contributed by atoms with Crippen molar-refractivity contribution in [2.75, 3.05) is 18.0 Å². The molecule has 0 amide bonds. The minimum Gasteiger partial charge on any atom is -0.422 e. The lowest BCUT2D eigenvalue weighted by molar-refractivity contribution is 0.112. The lowest BCUT2D eigenvalue weighted by atomic mass is 10.1. The van der Waals surface area contributed by atoms with Gasteiger partial charge in [0.1, 0.15) is 11.1 Å². The quantitative estimate of drug-likeness (QED) is 0.466. The Morgan fingerprint density at radius 2 is 1.90 bits per heavy atom. The molecule has 2 aromatic rings. The Labute approximate surface area is 126 Å². The molecular weight excluding hydrogens is 290 g/mol. The van der Waals surface area contributed by atoms with Crippen molar-refractivity contribution in [1.29, 1.82) is 0 Å². The minimum atomic E-state index is -0.737. The lowest BCUT2D eigenvalue weighted by Gasteiger charge is -2.21. The van der Waals surface area contributed by atoms with Crippen molar-refractivity contribution >= 4 is 34.5 Å². The molecule has 108 valence electrons. The van der Waals surface area contributed by atoms with Gasteiger partial charge in [0, 0.05) is 30.2 Å². The average Bonchev–Trinajstić information content (AvgIpc) is 2.47. The molecule has 0 saturated heterocycles. The maximum Gasteiger partial charge on any atom is 0.348 e. The molecule has 0 aliphatic rings. The average molecular weight is 304 g/mol. The molecule has 2 rings (SSSR count). The fourth-order valence-electron chi connectivity index (χ4n) is 2.06. The third kappa shape index (κ3) is 2.90. The summed E-state index contributed by atoms with van der Waals surface area (Å²) in [5.41, 5.74) is 0.288. The predicted octanol–water partition coefficient (Wildman–Crippen LogP) is 3.44. The van der Waals surface area contributed by atoms with Crippen LogP contribution in [-0.2, 0) is 0 Å². The number of anilines is 1. The number of carbonyl (C=O) groups is 1. The molecule has 1 aromatic carbocycles. The van der Waals surface area contributed by atoms with E-state index in [1.165, 1.54) is 0 Å². The maximum atomic E-state index is 11.7. The van der Waals surface area contributed by atoms with Crippen LogP contribution >= 0.6 is 11.6 Å². The summed E-state index contributed by atoms with van der Waals surface area (Å²) in [6.45, 7) is 8.68. The number of carbonyl (C=O) groups excluding carboxylic acids is 1. The van der Waals surface area contributed by atoms with Crippen LogP contribution in [0.2, 0.25) is 5.02 Å². The number of hydrogen-bond acceptors (Lipinski definition) is 4. The minimum absolute atomic E-state index is 0.113. The molecule has 5 heteroatoms. The number of aldehydes is 1. The number of hydrogen-bond donors (Lipinski definition) is 0. The van der Waals surface area contributed by atoms with Gasteiger partial charge in [0.2, 0.25) is 0 Å². The third-order valence-electron chi connectivity index (χ3n) is 3.04. The van der Waals surface area contributed by atoms with Crippen LogP contribution in [0.1, 0.15) is 10.4 Å². The van der Waals surface area contributed by atoms with Crippen LogP contribution in [0.4, 0.5) is 5.69 Å². The zero-order valence-corrected chi connectivity index (χ0v) is 12.1. The molecule has 1 heterocycles. The van der Waals surface area contributed by atoms with E-state index < -0.39 is 5.63 Å². The van der Waals surface area contributed by atoms with Gasteiger partial charge < -0.3 is 9.32 Å². The second kappa shape index (κ2) is 6.41. The zero-order chi connectivity index (χ0) is 15.4. The molecule has 0 fully saturated rings. The summed E-state index contributed by atoms with van der Waals surface area (Å²) in [6, 6.07) is 5.28. The van der Waals surface area contributed by atoms with Gasteiger partial charge in [0.25, 0.3) is 0 Å². The highest BCUT2D eigenvalue weighted by Crippen LogP contribution is 2.28. The van der Waals surface area contributed by atoms with Gasteiger partial charge in [-0.1, -0.05) is 23.8 Å². The van der Waals surface area contributed by atoms with E-state index in [-0.39, 0.29) is 10.6 Å². The van der Waals surface area contributed by atoms with Gasteiger partial charge in [0.05, 0.1) is 5.02 Å². The predicted molar refractivity (Wildman–Crippen MR) is 85.5 cm³/mol. The summed E-state index contributed by atoms with van der Waals surface area (Å²) in [4.78, 5) is 24.6. The molecule has 0 bridgehead atoms. The molecule has 0 aliphatic carbocycles. The Balaban J connectivity index is 2.61. The van der Waals surface area contributed by atoms with E-state index in [0.717, 1.165) is 5.69 Å². The molecular formula is C16H14ClNO3. The van der Waals surface area contributed by atoms with Gasteiger partial charge in [-0.25, -0.2) is 4.79 Å². The number of rotatable bonds is 6. The van der Waals surface area contributed by atoms with Crippen molar-refractivity contribution in [1.82, 2.24) is 0 Å². The highest BCUT2D eigenvalue weighted by Gasteiger charge is 2.13. The molecule has 0 radical (unpaired) electrons. The Morgan fingerprint density at radius 1 is 1.24 bits per heavy atom. The first kappa shape index (κ1) is 15.1. The van der Waals surface area contributed by atoms with Crippen molar-refractivity contribution in [3.63, 3.8) is 0 Å². The number of nitrogens with zero attached hydrogens (tertiary/aromatic N) is 1. The summed E-state index contributed by atoms with van der Waals surface area (Å²) < 4.78 is 5.16. The van der Waals surface area contributed by atoms with E-state index in [1.54, 1.807) is 24.3 Å². The first-order valence-electron chi connectivity index (χ1n) is 6.30. The Kier molecular flexibility index (Phi) is 4.60. The fraction of sp³-hybridized carbons (Fsp3) is 0.125. The Hall–Kier alpha value is -2.33. The number of benzene rings is 1. The molecule has 0 N–H and O–H groups in total. The van der Waals surface area contributed by atoms with Crippen LogP contribution in [0.3, 0.4) is 0 Å². The molecule has 21 heavy (non-hydrogen) atoms. The van der Waals surface area contributed by atoms with Crippen molar-refractivity contribution in [3.05, 3.63) is 64.5 Å². The normalized spacial score (nSPS) is 10.3. The van der Waals surface area contributed by atoms with Crippen molar-refractivity contribution in [3.8, 4) is 0 Å². The third-order valence-corrected chi connectivity index (χ3v) is 3.45. The highest BCUT2D eigenvalue weighted by atomic mass is 35.5. The van der Waals surface area contributed by atoms with Gasteiger partial charge in [0.15, 0.2) is 6.29 Å². The first-order valence-corrected chi connectivity index (χ1v) is 6.68. The van der Waals surface area contributed by atoms with Gasteiger partial charge in [-0.15, -0.1) is 13.2 Å². The van der Waals surface area contributed by atoms with Crippen molar-refractivity contribution in [2.45, 2.75) is 0 Å². The molecule has 0 aliphatic heterocycles. The number of fused-ring (bicyclic) bond motifs is 1. The van der Waals surface area contributed by atoms with Crippen LogP contribution in [0.5, 0.6) is 0 Å². The standard InChI is InChI=1S/C16H14ClNO3/c1-3-7-18(8-4-2)11-5-6-12-14(9-11)21-16(20)13(10-19)15(12)17/h3-6,9-10H,1-2,7-8H2. The first-order chi connectivity index (χ1) is 10.1. The van der Waals surface area contributed by atoms with E-state index >= 15 is 0 Å². The van der Waals surface area contributed by atoms with Crippen molar-refractivity contribution in [2.24, 2.45) is 0 Å². The molecule has 1 aromatic heterocycles. The SMILES string of the molecule is C=CCN(CC=C)c1ccc2c(Cl)c(C=O)c(=O)oc2c1. The lowest BCUT2D eigenvalue weighted by Crippen LogP contribution is -2.23. The van der Waals surface area contributed by atoms with Crippen LogP contribution < -0.4 is 10.5 Å². The van der Waals surface area contributed by atoms with Gasteiger partial charge in [-0.3, -0.25) is 4.79 Å². The Bertz CT molecular complexity index is 754. The monoisotopic (exact) mass is 303 g/mol. The van der Waals surface area contributed by atoms with E-state index in [0.29, 0.717) is 30.3 Å². The molecule has 4 nitrogen and oxygen atoms in total. The van der Waals surface area contributed by atoms with Crippen LogP contribution in [0.25, 0.3) is 11.0 Å². The summed E-state index contributed by atoms with van der Waals surface area (Å²) in [5.74, 6) is 0. The smallest absolute Gasteiger partial charge is 0.348 e. The summed E-state index contributed by atoms with van der Waals surface area (Å²) in [5, 5.41) is 0.640. The zero-order valence-electron chi connectivity index (χ0n) is 11.3. The van der Waals surface area contributed by atoms with Crippen molar-refractivity contribution < 1.29 is 9.21 Å². The van der Waals surface area contributed by atoms with Crippen LogP contribution in [0.15, 0.2) is 52.7 Å². The van der Waals surface area contributed by atoms with E-state index in [9.17, 15) is 9.59 Å². The van der Waals surface area contributed by atoms with E-state index in [4.69, 9.17) is 16.0 Å². The maximum absolute atomic E-state index is 11.7. The second-order valence-electron chi connectivity index (χ2n) is 4.40. The summed E-state index contributed by atoms with van der Waals surface area (Å²) >= 11 is 6.06. The second-order valence-corrected chi connectivity index (χ2v) is 4.78. The van der Waals surface area contributed by atoms with E-state index in [2.05, 4.69) is 13.2 Å². The topological polar surface area (TPSA) is 50.5 Å². The van der Waals surface area contributed by atoms with Gasteiger partial charge in [-0.05, 0) is 12.1 Å². The molecule has 0 atom stereocenters. The highest BCUT2D eigenvalue weighted by molar-refractivity contribution is 6.37. The van der Waals surface area contributed by atoms with Gasteiger partial charge >= 0.3 is 5.63 Å². The molecule has 0 spiro atoms. The van der Waals surface area contributed by atoms with E-state index in [1.807, 2.05) is 11.0 Å². The van der Waals surface area contributed by atoms with Gasteiger partial charge in [-0.2, -0.15) is 0 Å². The van der Waals surface area contributed by atoms with Crippen LogP contribution in [-0.4, -0.2) is 19.4 Å². The summed E-state index contributed by atoms with van der Waals surface area (Å²) in [6.07, 6.45) is 3.95. The molecule has 0 saturated carbocycles. The largest absolute Gasteiger partial charge is 0.422 e. The Morgan fingerprint density at radius 3 is 2.48 bits per heavy atom. The summed E-state index contributed by atoms with van der Waals surface area (Å²) in [7, 11) is 0. The fourth-order valence-corrected chi connectivity index (χ4v) is 2.34.